The van der Waals surface area contributed by atoms with Crippen LogP contribution in [0.15, 0.2) is 18.2 Å². The lowest BCUT2D eigenvalue weighted by molar-refractivity contribution is -0.144. The number of H-pyrrole nitrogens is 1. The van der Waals surface area contributed by atoms with Crippen LogP contribution in [0, 0.1) is 0 Å². The zero-order chi connectivity index (χ0) is 21.0. The summed E-state index contributed by atoms with van der Waals surface area (Å²) in [6.45, 7) is 4.89. The molecule has 28 heavy (non-hydrogen) atoms. The zero-order valence-electron chi connectivity index (χ0n) is 15.5. The number of hydrogen-bond donors (Lipinski definition) is 2. The van der Waals surface area contributed by atoms with Crippen LogP contribution in [0.25, 0.3) is 0 Å². The molecule has 0 aliphatic carbocycles. The van der Waals surface area contributed by atoms with Crippen molar-refractivity contribution in [2.75, 3.05) is 13.2 Å². The molecule has 2 rings (SSSR count). The lowest BCUT2D eigenvalue weighted by atomic mass is 10.0. The standard InChI is InChI=1S/C19H19Cl2NO6/c1-4-27-18(25)9(3)14-13(19(26)28-5-2)17(24)15(22-14)16(23)11-7-6-10(20)8-12(11)21/h6-9,22,24H,4-5H2,1-3H3. The van der Waals surface area contributed by atoms with E-state index < -0.39 is 29.4 Å². The Labute approximate surface area is 171 Å². The Morgan fingerprint density at radius 2 is 1.79 bits per heavy atom. The molecule has 1 aromatic carbocycles. The third-order valence-corrected chi connectivity index (χ3v) is 4.51. The molecule has 1 unspecified atom stereocenters. The van der Waals surface area contributed by atoms with Gasteiger partial charge >= 0.3 is 11.9 Å². The molecule has 0 spiro atoms. The van der Waals surface area contributed by atoms with Crippen molar-refractivity contribution >= 4 is 40.9 Å². The number of nitrogens with one attached hydrogen (secondary N) is 1. The summed E-state index contributed by atoms with van der Waals surface area (Å²) in [5, 5.41) is 11.0. The van der Waals surface area contributed by atoms with E-state index in [4.69, 9.17) is 32.7 Å². The molecule has 0 saturated carbocycles. The van der Waals surface area contributed by atoms with E-state index in [0.717, 1.165) is 0 Å². The van der Waals surface area contributed by atoms with Gasteiger partial charge in [-0.2, -0.15) is 0 Å². The maximum absolute atomic E-state index is 12.9. The Morgan fingerprint density at radius 3 is 2.36 bits per heavy atom. The number of hydrogen-bond acceptors (Lipinski definition) is 6. The van der Waals surface area contributed by atoms with Crippen molar-refractivity contribution in [3.63, 3.8) is 0 Å². The molecule has 1 heterocycles. The number of benzene rings is 1. The Hall–Kier alpha value is -2.51. The van der Waals surface area contributed by atoms with Gasteiger partial charge in [0.15, 0.2) is 5.75 Å². The van der Waals surface area contributed by atoms with Crippen molar-refractivity contribution < 1.29 is 29.0 Å². The molecule has 0 amide bonds. The van der Waals surface area contributed by atoms with E-state index in [2.05, 4.69) is 4.98 Å². The maximum Gasteiger partial charge on any atom is 0.343 e. The molecular formula is C19H19Cl2NO6. The molecule has 0 fully saturated rings. The number of carbonyl (C=O) groups excluding carboxylic acids is 3. The lowest BCUT2D eigenvalue weighted by Gasteiger charge is -2.11. The quantitative estimate of drug-likeness (QED) is 0.508. The third-order valence-electron chi connectivity index (χ3n) is 3.96. The van der Waals surface area contributed by atoms with E-state index >= 15 is 0 Å². The number of aromatic nitrogens is 1. The summed E-state index contributed by atoms with van der Waals surface area (Å²) in [6, 6.07) is 4.24. The van der Waals surface area contributed by atoms with Gasteiger partial charge < -0.3 is 19.6 Å². The Kier molecular flexibility index (Phi) is 7.10. The number of carbonyl (C=O) groups is 3. The highest BCUT2D eigenvalue weighted by molar-refractivity contribution is 6.37. The highest BCUT2D eigenvalue weighted by Crippen LogP contribution is 2.35. The second kappa shape index (κ2) is 9.12. The van der Waals surface area contributed by atoms with E-state index in [-0.39, 0.29) is 40.8 Å². The average Bonchev–Trinajstić information content (AvgIpc) is 2.98. The summed E-state index contributed by atoms with van der Waals surface area (Å²) in [6.07, 6.45) is 0. The predicted octanol–water partition coefficient (Wildman–Crippen LogP) is 4.10. The normalized spacial score (nSPS) is 11.8. The summed E-state index contributed by atoms with van der Waals surface area (Å²) in [7, 11) is 0. The van der Waals surface area contributed by atoms with E-state index in [1.807, 2.05) is 0 Å². The highest BCUT2D eigenvalue weighted by Gasteiger charge is 2.33. The van der Waals surface area contributed by atoms with E-state index in [0.29, 0.717) is 5.02 Å². The van der Waals surface area contributed by atoms with Crippen LogP contribution in [0.3, 0.4) is 0 Å². The van der Waals surface area contributed by atoms with Gasteiger partial charge in [-0.25, -0.2) is 4.79 Å². The van der Waals surface area contributed by atoms with Crippen molar-refractivity contribution in [2.45, 2.75) is 26.7 Å². The Bertz CT molecular complexity index is 921. The molecule has 1 atom stereocenters. The summed E-state index contributed by atoms with van der Waals surface area (Å²) >= 11 is 11.9. The first-order valence-corrected chi connectivity index (χ1v) is 9.26. The molecule has 0 radical (unpaired) electrons. The average molecular weight is 428 g/mol. The van der Waals surface area contributed by atoms with Crippen molar-refractivity contribution in [1.29, 1.82) is 0 Å². The van der Waals surface area contributed by atoms with Crippen LogP contribution >= 0.6 is 23.2 Å². The monoisotopic (exact) mass is 427 g/mol. The molecule has 0 aliphatic heterocycles. The van der Waals surface area contributed by atoms with Gasteiger partial charge in [0.2, 0.25) is 5.78 Å². The molecule has 2 aromatic rings. The van der Waals surface area contributed by atoms with Crippen LogP contribution in [0.5, 0.6) is 5.75 Å². The van der Waals surface area contributed by atoms with Gasteiger partial charge in [0.25, 0.3) is 0 Å². The molecule has 2 N–H and O–H groups in total. The number of aromatic amines is 1. The van der Waals surface area contributed by atoms with Gasteiger partial charge in [0.05, 0.1) is 24.2 Å². The minimum atomic E-state index is -0.951. The summed E-state index contributed by atoms with van der Waals surface area (Å²) in [5.74, 6) is -3.75. The van der Waals surface area contributed by atoms with Crippen LogP contribution in [-0.4, -0.2) is 41.0 Å². The first-order valence-electron chi connectivity index (χ1n) is 8.51. The lowest BCUT2D eigenvalue weighted by Crippen LogP contribution is -2.17. The second-order valence-electron chi connectivity index (χ2n) is 5.78. The Balaban J connectivity index is 2.59. The van der Waals surface area contributed by atoms with E-state index in [1.165, 1.54) is 25.1 Å². The number of esters is 2. The van der Waals surface area contributed by atoms with Crippen LogP contribution in [0.1, 0.15) is 58.8 Å². The fourth-order valence-corrected chi connectivity index (χ4v) is 3.10. The minimum absolute atomic E-state index is 0.0165. The molecule has 7 nitrogen and oxygen atoms in total. The van der Waals surface area contributed by atoms with Crippen molar-refractivity contribution in [1.82, 2.24) is 4.98 Å². The molecule has 0 bridgehead atoms. The molecule has 0 aliphatic rings. The minimum Gasteiger partial charge on any atom is -0.505 e. The largest absolute Gasteiger partial charge is 0.505 e. The van der Waals surface area contributed by atoms with Gasteiger partial charge in [-0.3, -0.25) is 9.59 Å². The van der Waals surface area contributed by atoms with E-state index in [9.17, 15) is 19.5 Å². The van der Waals surface area contributed by atoms with Crippen LogP contribution < -0.4 is 0 Å². The Morgan fingerprint density at radius 1 is 1.14 bits per heavy atom. The molecule has 150 valence electrons. The van der Waals surface area contributed by atoms with Crippen LogP contribution in [-0.2, 0) is 14.3 Å². The first kappa shape index (κ1) is 21.8. The maximum atomic E-state index is 12.9. The molecule has 1 aromatic heterocycles. The van der Waals surface area contributed by atoms with Gasteiger partial charge in [-0.15, -0.1) is 0 Å². The molecule has 0 saturated heterocycles. The topological polar surface area (TPSA) is 106 Å². The van der Waals surface area contributed by atoms with E-state index in [1.54, 1.807) is 13.8 Å². The summed E-state index contributed by atoms with van der Waals surface area (Å²) < 4.78 is 9.92. The van der Waals surface area contributed by atoms with Crippen molar-refractivity contribution in [2.24, 2.45) is 0 Å². The van der Waals surface area contributed by atoms with Crippen LogP contribution in [0.4, 0.5) is 0 Å². The van der Waals surface area contributed by atoms with Crippen LogP contribution in [0.2, 0.25) is 10.0 Å². The number of halogens is 2. The fraction of sp³-hybridized carbons (Fsp3) is 0.316. The number of rotatable bonds is 7. The number of ether oxygens (including phenoxy) is 2. The SMILES string of the molecule is CCOC(=O)c1c(C(C)C(=O)OCC)[nH]c(C(=O)c2ccc(Cl)cc2Cl)c1O. The van der Waals surface area contributed by atoms with Crippen molar-refractivity contribution in [3.05, 3.63) is 50.8 Å². The van der Waals surface area contributed by atoms with Gasteiger partial charge in [0, 0.05) is 16.3 Å². The number of ketones is 1. The van der Waals surface area contributed by atoms with Gasteiger partial charge in [-0.1, -0.05) is 23.2 Å². The zero-order valence-corrected chi connectivity index (χ0v) is 17.0. The highest BCUT2D eigenvalue weighted by atomic mass is 35.5. The van der Waals surface area contributed by atoms with Gasteiger partial charge in [-0.05, 0) is 39.0 Å². The third kappa shape index (κ3) is 4.31. The molecule has 9 heteroatoms. The smallest absolute Gasteiger partial charge is 0.343 e. The summed E-state index contributed by atoms with van der Waals surface area (Å²) in [4.78, 5) is 40.0. The predicted molar refractivity (Wildman–Crippen MR) is 103 cm³/mol. The van der Waals surface area contributed by atoms with Gasteiger partial charge in [0.1, 0.15) is 11.3 Å². The first-order chi connectivity index (χ1) is 13.2. The number of aromatic hydroxyl groups is 1. The fourth-order valence-electron chi connectivity index (χ4n) is 2.60. The van der Waals surface area contributed by atoms with Crippen molar-refractivity contribution in [3.8, 4) is 5.75 Å². The summed E-state index contributed by atoms with van der Waals surface area (Å²) in [5.41, 5.74) is -0.509. The molecular weight excluding hydrogens is 409 g/mol. The second-order valence-corrected chi connectivity index (χ2v) is 6.63.